The summed E-state index contributed by atoms with van der Waals surface area (Å²) in [5.74, 6) is -0.693. The maximum Gasteiger partial charge on any atom is 0.375 e. The van der Waals surface area contributed by atoms with Crippen molar-refractivity contribution in [3.05, 3.63) is 34.5 Å². The number of carbonyl (C=O) groups excluding carboxylic acids is 2. The van der Waals surface area contributed by atoms with Gasteiger partial charge in [0.05, 0.1) is 5.02 Å². The van der Waals surface area contributed by atoms with Crippen LogP contribution in [0.5, 0.6) is 0 Å². The Bertz CT molecular complexity index is 790. The van der Waals surface area contributed by atoms with Crippen molar-refractivity contribution in [2.45, 2.75) is 45.6 Å². The van der Waals surface area contributed by atoms with Crippen LogP contribution in [0, 0.1) is 6.92 Å². The van der Waals surface area contributed by atoms with Crippen LogP contribution < -0.4 is 0 Å². The third-order valence-corrected chi connectivity index (χ3v) is 4.95. The van der Waals surface area contributed by atoms with E-state index in [4.69, 9.17) is 20.8 Å². The highest BCUT2D eigenvalue weighted by Crippen LogP contribution is 2.31. The molecule has 0 N–H and O–H groups in total. The quantitative estimate of drug-likeness (QED) is 0.761. The number of rotatable bonds is 3. The van der Waals surface area contributed by atoms with Gasteiger partial charge in [0, 0.05) is 24.0 Å². The second-order valence-electron chi connectivity index (χ2n) is 6.46. The maximum atomic E-state index is 12.5. The zero-order valence-corrected chi connectivity index (χ0v) is 15.3. The normalized spacial score (nSPS) is 16.5. The molecule has 0 spiro atoms. The van der Waals surface area contributed by atoms with Gasteiger partial charge >= 0.3 is 5.97 Å². The van der Waals surface area contributed by atoms with Crippen LogP contribution in [0.25, 0.3) is 11.0 Å². The second-order valence-corrected chi connectivity index (χ2v) is 6.87. The molecule has 134 valence electrons. The summed E-state index contributed by atoms with van der Waals surface area (Å²) >= 11 is 6.11. The third-order valence-electron chi connectivity index (χ3n) is 4.65. The molecule has 0 saturated carbocycles. The molecule has 1 unspecified atom stereocenters. The number of ether oxygens (including phenoxy) is 1. The fourth-order valence-electron chi connectivity index (χ4n) is 3.22. The summed E-state index contributed by atoms with van der Waals surface area (Å²) in [5.41, 5.74) is 1.12. The molecule has 2 heterocycles. The molecular weight excluding hydrogens is 342 g/mol. The number of furan rings is 1. The Morgan fingerprint density at radius 2 is 1.88 bits per heavy atom. The summed E-state index contributed by atoms with van der Waals surface area (Å²) < 4.78 is 11.0. The number of likely N-dealkylation sites (tertiary alicyclic amines) is 1. The first-order valence-corrected chi connectivity index (χ1v) is 9.04. The molecule has 6 heteroatoms. The van der Waals surface area contributed by atoms with Crippen molar-refractivity contribution in [3.8, 4) is 0 Å². The molecule has 25 heavy (non-hydrogen) atoms. The van der Waals surface area contributed by atoms with Crippen LogP contribution >= 0.6 is 11.6 Å². The van der Waals surface area contributed by atoms with Crippen LogP contribution in [-0.4, -0.2) is 36.0 Å². The second kappa shape index (κ2) is 7.48. The van der Waals surface area contributed by atoms with Crippen LogP contribution in [-0.2, 0) is 9.53 Å². The Morgan fingerprint density at radius 1 is 1.20 bits per heavy atom. The van der Waals surface area contributed by atoms with Gasteiger partial charge in [-0.2, -0.15) is 0 Å². The summed E-state index contributed by atoms with van der Waals surface area (Å²) in [4.78, 5) is 26.8. The van der Waals surface area contributed by atoms with E-state index in [2.05, 4.69) is 0 Å². The van der Waals surface area contributed by atoms with Crippen molar-refractivity contribution in [2.75, 3.05) is 13.1 Å². The van der Waals surface area contributed by atoms with E-state index in [0.717, 1.165) is 44.2 Å². The van der Waals surface area contributed by atoms with E-state index in [1.165, 1.54) is 0 Å². The number of esters is 1. The Labute approximate surface area is 151 Å². The summed E-state index contributed by atoms with van der Waals surface area (Å²) in [5, 5.41) is 1.21. The standard InChI is InChI=1S/C19H22ClNO4/c1-12-14-8-7-9-15(20)17(14)25-16(12)19(23)24-13(2)18(22)21-10-5-3-4-6-11-21/h7-9,13H,3-6,10-11H2,1-2H3. The molecular formula is C19H22ClNO4. The Morgan fingerprint density at radius 3 is 2.52 bits per heavy atom. The number of aryl methyl sites for hydroxylation is 1. The predicted molar refractivity (Wildman–Crippen MR) is 95.9 cm³/mol. The number of carbonyl (C=O) groups is 2. The average Bonchev–Trinajstić information content (AvgIpc) is 2.77. The van der Waals surface area contributed by atoms with Crippen LogP contribution in [0.1, 0.15) is 48.7 Å². The van der Waals surface area contributed by atoms with Crippen LogP contribution in [0.2, 0.25) is 5.02 Å². The number of amides is 1. The lowest BCUT2D eigenvalue weighted by atomic mass is 10.1. The van der Waals surface area contributed by atoms with Crippen molar-refractivity contribution >= 4 is 34.4 Å². The van der Waals surface area contributed by atoms with E-state index < -0.39 is 12.1 Å². The number of nitrogens with zero attached hydrogens (tertiary/aromatic N) is 1. The van der Waals surface area contributed by atoms with Gasteiger partial charge in [-0.25, -0.2) is 4.79 Å². The molecule has 0 radical (unpaired) electrons. The van der Waals surface area contributed by atoms with Gasteiger partial charge in [0.15, 0.2) is 11.7 Å². The van der Waals surface area contributed by atoms with E-state index in [9.17, 15) is 9.59 Å². The molecule has 1 amide bonds. The minimum Gasteiger partial charge on any atom is -0.447 e. The van der Waals surface area contributed by atoms with Crippen molar-refractivity contribution in [1.82, 2.24) is 4.90 Å². The zero-order valence-electron chi connectivity index (χ0n) is 14.5. The lowest BCUT2D eigenvalue weighted by molar-refractivity contribution is -0.139. The van der Waals surface area contributed by atoms with E-state index in [-0.39, 0.29) is 11.7 Å². The first kappa shape index (κ1) is 17.8. The van der Waals surface area contributed by atoms with E-state index in [0.29, 0.717) is 16.2 Å². The van der Waals surface area contributed by atoms with Crippen molar-refractivity contribution in [3.63, 3.8) is 0 Å². The van der Waals surface area contributed by atoms with Gasteiger partial charge in [0.1, 0.15) is 0 Å². The highest BCUT2D eigenvalue weighted by Gasteiger charge is 2.27. The van der Waals surface area contributed by atoms with Gasteiger partial charge in [-0.1, -0.05) is 36.6 Å². The molecule has 3 rings (SSSR count). The molecule has 2 aromatic rings. The van der Waals surface area contributed by atoms with E-state index in [1.54, 1.807) is 30.9 Å². The first-order chi connectivity index (χ1) is 12.0. The van der Waals surface area contributed by atoms with Gasteiger partial charge in [0.2, 0.25) is 5.76 Å². The SMILES string of the molecule is Cc1c(C(=O)OC(C)C(=O)N2CCCCCC2)oc2c(Cl)cccc12. The largest absolute Gasteiger partial charge is 0.447 e. The van der Waals surface area contributed by atoms with Gasteiger partial charge in [-0.05, 0) is 32.8 Å². The molecule has 1 aromatic carbocycles. The molecule has 5 nitrogen and oxygen atoms in total. The Balaban J connectivity index is 1.74. The van der Waals surface area contributed by atoms with E-state index >= 15 is 0 Å². The minimum absolute atomic E-state index is 0.0959. The number of hydrogen-bond donors (Lipinski definition) is 0. The molecule has 1 aromatic heterocycles. The molecule has 1 saturated heterocycles. The van der Waals surface area contributed by atoms with Crippen molar-refractivity contribution < 1.29 is 18.7 Å². The number of hydrogen-bond acceptors (Lipinski definition) is 4. The number of benzene rings is 1. The molecule has 0 aliphatic carbocycles. The lowest BCUT2D eigenvalue weighted by Gasteiger charge is -2.23. The molecule has 1 aliphatic heterocycles. The van der Waals surface area contributed by atoms with Gasteiger partial charge in [0.25, 0.3) is 5.91 Å². The fraction of sp³-hybridized carbons (Fsp3) is 0.474. The highest BCUT2D eigenvalue weighted by atomic mass is 35.5. The number of fused-ring (bicyclic) bond motifs is 1. The zero-order chi connectivity index (χ0) is 18.0. The summed E-state index contributed by atoms with van der Waals surface area (Å²) in [6.07, 6.45) is 3.42. The predicted octanol–water partition coefficient (Wildman–Crippen LogP) is 4.34. The molecule has 1 aliphatic rings. The van der Waals surface area contributed by atoms with Crippen LogP contribution in [0.4, 0.5) is 0 Å². The van der Waals surface area contributed by atoms with Crippen LogP contribution in [0.15, 0.2) is 22.6 Å². The molecule has 0 bridgehead atoms. The number of halogens is 1. The first-order valence-electron chi connectivity index (χ1n) is 8.66. The smallest absolute Gasteiger partial charge is 0.375 e. The molecule has 1 fully saturated rings. The average molecular weight is 364 g/mol. The van der Waals surface area contributed by atoms with Gasteiger partial charge in [-0.15, -0.1) is 0 Å². The lowest BCUT2D eigenvalue weighted by Crippen LogP contribution is -2.40. The summed E-state index contributed by atoms with van der Waals surface area (Å²) in [6.45, 7) is 4.83. The van der Waals surface area contributed by atoms with Crippen molar-refractivity contribution in [1.29, 1.82) is 0 Å². The summed E-state index contributed by atoms with van der Waals surface area (Å²) in [6, 6.07) is 5.34. The van der Waals surface area contributed by atoms with Crippen molar-refractivity contribution in [2.24, 2.45) is 0 Å². The topological polar surface area (TPSA) is 59.8 Å². The Kier molecular flexibility index (Phi) is 5.33. The van der Waals surface area contributed by atoms with Crippen LogP contribution in [0.3, 0.4) is 0 Å². The molecule has 1 atom stereocenters. The van der Waals surface area contributed by atoms with E-state index in [1.807, 2.05) is 6.07 Å². The summed E-state index contributed by atoms with van der Waals surface area (Å²) in [7, 11) is 0. The van der Waals surface area contributed by atoms with Gasteiger partial charge in [-0.3, -0.25) is 4.79 Å². The maximum absolute atomic E-state index is 12.5. The third kappa shape index (κ3) is 3.66. The monoisotopic (exact) mass is 363 g/mol. The fourth-order valence-corrected chi connectivity index (χ4v) is 3.43. The highest BCUT2D eigenvalue weighted by molar-refractivity contribution is 6.35. The number of para-hydroxylation sites is 1. The Hall–Kier alpha value is -2.01. The minimum atomic E-state index is -0.839. The van der Waals surface area contributed by atoms with Gasteiger partial charge < -0.3 is 14.1 Å².